The quantitative estimate of drug-likeness (QED) is 0.935. The molecule has 1 N–H and O–H groups in total. The predicted molar refractivity (Wildman–Crippen MR) is 95.1 cm³/mol. The Hall–Kier alpha value is -1.72. The maximum absolute atomic E-state index is 5.45. The molecule has 5 nitrogen and oxygen atoms in total. The van der Waals surface area contributed by atoms with Crippen LogP contribution in [-0.2, 0) is 18.3 Å². The molecule has 0 bridgehead atoms. The molecule has 2 heterocycles. The van der Waals surface area contributed by atoms with Crippen LogP contribution in [0, 0.1) is 0 Å². The van der Waals surface area contributed by atoms with E-state index in [1.807, 2.05) is 0 Å². The van der Waals surface area contributed by atoms with Gasteiger partial charge in [0.1, 0.15) is 0 Å². The summed E-state index contributed by atoms with van der Waals surface area (Å²) >= 11 is 0. The van der Waals surface area contributed by atoms with Gasteiger partial charge >= 0.3 is 0 Å². The molecule has 0 aliphatic carbocycles. The van der Waals surface area contributed by atoms with E-state index in [9.17, 15) is 0 Å². The number of piperazine rings is 1. The van der Waals surface area contributed by atoms with Gasteiger partial charge in [0, 0.05) is 26.1 Å². The third-order valence-electron chi connectivity index (χ3n) is 4.74. The monoisotopic (exact) mass is 328 g/mol. The number of likely N-dealkylation sites (N-methyl/N-ethyl adjacent to an activating group) is 1. The van der Waals surface area contributed by atoms with Crippen LogP contribution in [0.4, 0.5) is 0 Å². The molecule has 0 radical (unpaired) electrons. The average Bonchev–Trinajstić information content (AvgIpc) is 3.02. The number of hydrogen-bond donors (Lipinski definition) is 1. The Morgan fingerprint density at radius 3 is 2.62 bits per heavy atom. The zero-order chi connectivity index (χ0) is 17.2. The van der Waals surface area contributed by atoms with Crippen LogP contribution >= 0.6 is 0 Å². The zero-order valence-corrected chi connectivity index (χ0v) is 15.2. The first-order valence-electron chi connectivity index (χ1n) is 8.76. The Balaban J connectivity index is 1.59. The van der Waals surface area contributed by atoms with Gasteiger partial charge in [-0.15, -0.1) is 0 Å². The maximum atomic E-state index is 5.45. The van der Waals surface area contributed by atoms with Crippen LogP contribution in [0.1, 0.15) is 49.7 Å². The Bertz CT molecular complexity index is 657. The minimum atomic E-state index is 0.194. The lowest BCUT2D eigenvalue weighted by atomic mass is 9.86. The highest BCUT2D eigenvalue weighted by Crippen LogP contribution is 2.23. The molecule has 1 unspecified atom stereocenters. The average molecular weight is 328 g/mol. The molecule has 1 atom stereocenters. The van der Waals surface area contributed by atoms with Crippen molar-refractivity contribution in [2.75, 3.05) is 26.7 Å². The molecular formula is C19H28N4O. The molecule has 1 aromatic heterocycles. The first-order chi connectivity index (χ1) is 11.4. The Kier molecular flexibility index (Phi) is 5.01. The summed E-state index contributed by atoms with van der Waals surface area (Å²) in [4.78, 5) is 6.87. The third-order valence-corrected chi connectivity index (χ3v) is 4.74. The van der Waals surface area contributed by atoms with Gasteiger partial charge in [-0.05, 0) is 30.0 Å². The lowest BCUT2D eigenvalue weighted by Gasteiger charge is -2.30. The van der Waals surface area contributed by atoms with Crippen molar-refractivity contribution < 1.29 is 4.52 Å². The van der Waals surface area contributed by atoms with E-state index in [0.717, 1.165) is 44.2 Å². The van der Waals surface area contributed by atoms with Crippen LogP contribution in [0.2, 0.25) is 0 Å². The number of rotatable bonds is 4. The van der Waals surface area contributed by atoms with E-state index in [-0.39, 0.29) is 11.5 Å². The Morgan fingerprint density at radius 1 is 1.21 bits per heavy atom. The summed E-state index contributed by atoms with van der Waals surface area (Å²) in [5.74, 6) is 1.52. The van der Waals surface area contributed by atoms with Gasteiger partial charge in [-0.2, -0.15) is 4.98 Å². The van der Waals surface area contributed by atoms with Crippen LogP contribution in [-0.4, -0.2) is 41.7 Å². The molecule has 1 saturated heterocycles. The van der Waals surface area contributed by atoms with Gasteiger partial charge in [0.15, 0.2) is 5.82 Å². The van der Waals surface area contributed by atoms with Gasteiger partial charge in [0.05, 0.1) is 6.04 Å². The van der Waals surface area contributed by atoms with Gasteiger partial charge < -0.3 is 9.84 Å². The predicted octanol–water partition coefficient (Wildman–Crippen LogP) is 2.73. The van der Waals surface area contributed by atoms with E-state index in [1.165, 1.54) is 11.1 Å². The summed E-state index contributed by atoms with van der Waals surface area (Å²) in [7, 11) is 2.11. The fraction of sp³-hybridized carbons (Fsp3) is 0.579. The van der Waals surface area contributed by atoms with E-state index in [1.54, 1.807) is 0 Å². The first kappa shape index (κ1) is 17.1. The SMILES string of the molecule is CN1CCNCC1c1noc(CCc2ccc(C(C)(C)C)cc2)n1. The molecule has 24 heavy (non-hydrogen) atoms. The number of aryl methyl sites for hydroxylation is 2. The summed E-state index contributed by atoms with van der Waals surface area (Å²) in [5.41, 5.74) is 2.86. The van der Waals surface area contributed by atoms with E-state index in [0.29, 0.717) is 0 Å². The fourth-order valence-electron chi connectivity index (χ4n) is 3.02. The number of hydrogen-bond acceptors (Lipinski definition) is 5. The van der Waals surface area contributed by atoms with Crippen LogP contribution in [0.15, 0.2) is 28.8 Å². The molecule has 0 amide bonds. The van der Waals surface area contributed by atoms with Crippen molar-refractivity contribution >= 4 is 0 Å². The second-order valence-corrected chi connectivity index (χ2v) is 7.69. The highest BCUT2D eigenvalue weighted by molar-refractivity contribution is 5.27. The molecule has 0 spiro atoms. The van der Waals surface area contributed by atoms with Crippen molar-refractivity contribution in [3.8, 4) is 0 Å². The van der Waals surface area contributed by atoms with Gasteiger partial charge in [-0.1, -0.05) is 50.2 Å². The number of aromatic nitrogens is 2. The van der Waals surface area contributed by atoms with Crippen LogP contribution in [0.5, 0.6) is 0 Å². The lowest BCUT2D eigenvalue weighted by Crippen LogP contribution is -2.44. The summed E-state index contributed by atoms with van der Waals surface area (Å²) in [6, 6.07) is 9.06. The van der Waals surface area contributed by atoms with E-state index < -0.39 is 0 Å². The summed E-state index contributed by atoms with van der Waals surface area (Å²) < 4.78 is 5.45. The van der Waals surface area contributed by atoms with Crippen molar-refractivity contribution in [3.63, 3.8) is 0 Å². The van der Waals surface area contributed by atoms with Gasteiger partial charge in [-0.3, -0.25) is 4.90 Å². The van der Waals surface area contributed by atoms with Crippen molar-refractivity contribution in [1.29, 1.82) is 0 Å². The van der Waals surface area contributed by atoms with Crippen molar-refractivity contribution in [2.45, 2.75) is 45.1 Å². The van der Waals surface area contributed by atoms with Gasteiger partial charge in [0.2, 0.25) is 5.89 Å². The van der Waals surface area contributed by atoms with Crippen LogP contribution in [0.3, 0.4) is 0 Å². The molecule has 1 aliphatic heterocycles. The third kappa shape index (κ3) is 4.02. The molecule has 1 aromatic carbocycles. The number of nitrogens with one attached hydrogen (secondary N) is 1. The second-order valence-electron chi connectivity index (χ2n) is 7.69. The Labute approximate surface area is 144 Å². The topological polar surface area (TPSA) is 54.2 Å². The second kappa shape index (κ2) is 7.03. The van der Waals surface area contributed by atoms with Crippen LogP contribution in [0.25, 0.3) is 0 Å². The molecule has 5 heteroatoms. The largest absolute Gasteiger partial charge is 0.339 e. The molecule has 2 aromatic rings. The minimum absolute atomic E-state index is 0.194. The molecule has 130 valence electrons. The normalized spacial score (nSPS) is 19.6. The summed E-state index contributed by atoms with van der Waals surface area (Å²) in [6.07, 6.45) is 1.70. The molecule has 1 fully saturated rings. The smallest absolute Gasteiger partial charge is 0.227 e. The standard InChI is InChI=1S/C19H28N4O/c1-19(2,3)15-8-5-14(6-9-15)7-10-17-21-18(22-24-17)16-13-20-11-12-23(16)4/h5-6,8-9,16,20H,7,10-13H2,1-4H3. The van der Waals surface area contributed by atoms with Gasteiger partial charge in [0.25, 0.3) is 0 Å². The molecular weight excluding hydrogens is 300 g/mol. The van der Waals surface area contributed by atoms with Crippen molar-refractivity contribution in [3.05, 3.63) is 47.1 Å². The lowest BCUT2D eigenvalue weighted by molar-refractivity contribution is 0.190. The maximum Gasteiger partial charge on any atom is 0.227 e. The molecule has 1 aliphatic rings. The van der Waals surface area contributed by atoms with Crippen molar-refractivity contribution in [1.82, 2.24) is 20.4 Å². The van der Waals surface area contributed by atoms with Crippen LogP contribution < -0.4 is 5.32 Å². The number of benzene rings is 1. The van der Waals surface area contributed by atoms with E-state index >= 15 is 0 Å². The van der Waals surface area contributed by atoms with E-state index in [2.05, 4.69) is 72.4 Å². The Morgan fingerprint density at radius 2 is 1.96 bits per heavy atom. The van der Waals surface area contributed by atoms with E-state index in [4.69, 9.17) is 4.52 Å². The fourth-order valence-corrected chi connectivity index (χ4v) is 3.02. The van der Waals surface area contributed by atoms with Crippen molar-refractivity contribution in [2.24, 2.45) is 0 Å². The zero-order valence-electron chi connectivity index (χ0n) is 15.2. The molecule has 3 rings (SSSR count). The van der Waals surface area contributed by atoms with Gasteiger partial charge in [-0.25, -0.2) is 0 Å². The summed E-state index contributed by atoms with van der Waals surface area (Å²) in [5, 5.41) is 7.57. The highest BCUT2D eigenvalue weighted by Gasteiger charge is 2.25. The highest BCUT2D eigenvalue weighted by atomic mass is 16.5. The first-order valence-corrected chi connectivity index (χ1v) is 8.76. The minimum Gasteiger partial charge on any atom is -0.339 e. The summed E-state index contributed by atoms with van der Waals surface area (Å²) in [6.45, 7) is 9.61. The number of nitrogens with zero attached hydrogens (tertiary/aromatic N) is 3. The molecule has 0 saturated carbocycles.